The van der Waals surface area contributed by atoms with Crippen LogP contribution < -0.4 is 16.0 Å². The summed E-state index contributed by atoms with van der Waals surface area (Å²) < 4.78 is 0. The Kier molecular flexibility index (Phi) is 6.67. The number of rotatable bonds is 6. The maximum Gasteiger partial charge on any atom is 0.242 e. The lowest BCUT2D eigenvalue weighted by atomic mass is 9.96. The number of nitrogens with zero attached hydrogens (tertiary/aromatic N) is 2. The summed E-state index contributed by atoms with van der Waals surface area (Å²) in [6, 6.07) is 7.69. The molecule has 6 nitrogen and oxygen atoms in total. The van der Waals surface area contributed by atoms with Crippen molar-refractivity contribution >= 4 is 29.1 Å². The molecule has 1 aromatic carbocycles. The van der Waals surface area contributed by atoms with Crippen LogP contribution in [0, 0.1) is 0 Å². The topological polar surface area (TPSA) is 78.7 Å². The van der Waals surface area contributed by atoms with Gasteiger partial charge in [-0.25, -0.2) is 0 Å². The van der Waals surface area contributed by atoms with Crippen LogP contribution in [0.25, 0.3) is 0 Å². The Hall–Kier alpha value is -1.79. The molecule has 7 heteroatoms. The number of amides is 2. The van der Waals surface area contributed by atoms with E-state index in [0.717, 1.165) is 25.2 Å². The number of anilines is 1. The fourth-order valence-corrected chi connectivity index (χ4v) is 3.09. The average Bonchev–Trinajstić information content (AvgIpc) is 2.60. The molecule has 138 valence electrons. The first-order chi connectivity index (χ1) is 11.8. The highest BCUT2D eigenvalue weighted by Gasteiger charge is 2.28. The molecular formula is C18H27ClN4O2. The van der Waals surface area contributed by atoms with Crippen molar-refractivity contribution in [2.24, 2.45) is 5.73 Å². The molecule has 2 rings (SSSR count). The number of halogens is 1. The van der Waals surface area contributed by atoms with Gasteiger partial charge >= 0.3 is 0 Å². The first kappa shape index (κ1) is 19.5. The fraction of sp³-hybridized carbons (Fsp3) is 0.556. The van der Waals surface area contributed by atoms with E-state index in [1.54, 1.807) is 11.8 Å². The number of nitrogens with two attached hydrogens (primary N) is 1. The summed E-state index contributed by atoms with van der Waals surface area (Å²) in [4.78, 5) is 28.4. The molecule has 1 aromatic rings. The Bertz CT molecular complexity index is 596. The summed E-state index contributed by atoms with van der Waals surface area (Å²) in [7, 11) is 0. The minimum absolute atomic E-state index is 0.00369. The van der Waals surface area contributed by atoms with Gasteiger partial charge in [-0.2, -0.15) is 0 Å². The van der Waals surface area contributed by atoms with Crippen molar-refractivity contribution in [2.75, 3.05) is 37.6 Å². The van der Waals surface area contributed by atoms with Gasteiger partial charge in [0.2, 0.25) is 11.8 Å². The molecule has 1 unspecified atom stereocenters. The van der Waals surface area contributed by atoms with Gasteiger partial charge in [-0.05, 0) is 37.6 Å². The molecule has 3 N–H and O–H groups in total. The average molecular weight is 367 g/mol. The second kappa shape index (κ2) is 8.54. The predicted octanol–water partition coefficient (Wildman–Crippen LogP) is 1.62. The third-order valence-corrected chi connectivity index (χ3v) is 4.76. The fourth-order valence-electron chi connectivity index (χ4n) is 2.97. The van der Waals surface area contributed by atoms with Gasteiger partial charge in [0.1, 0.15) is 0 Å². The summed E-state index contributed by atoms with van der Waals surface area (Å²) in [6.45, 7) is 6.44. The molecule has 0 aliphatic carbocycles. The third kappa shape index (κ3) is 5.34. The van der Waals surface area contributed by atoms with Crippen LogP contribution in [0.4, 0.5) is 5.69 Å². The highest BCUT2D eigenvalue weighted by atomic mass is 35.5. The molecular weight excluding hydrogens is 340 g/mol. The van der Waals surface area contributed by atoms with E-state index in [4.69, 9.17) is 17.3 Å². The minimum Gasteiger partial charge on any atom is -0.368 e. The van der Waals surface area contributed by atoms with Crippen LogP contribution in [0.15, 0.2) is 24.3 Å². The minimum atomic E-state index is -0.928. The number of nitrogens with one attached hydrogen (secondary N) is 1. The van der Waals surface area contributed by atoms with Crippen molar-refractivity contribution in [2.45, 2.75) is 32.2 Å². The summed E-state index contributed by atoms with van der Waals surface area (Å²) in [5.41, 5.74) is 6.15. The lowest BCUT2D eigenvalue weighted by Gasteiger charge is -2.36. The number of piperazine rings is 1. The van der Waals surface area contributed by atoms with Gasteiger partial charge in [-0.3, -0.25) is 9.59 Å². The molecule has 1 fully saturated rings. The summed E-state index contributed by atoms with van der Waals surface area (Å²) in [5.74, 6) is -0.348. The van der Waals surface area contributed by atoms with Crippen molar-refractivity contribution in [3.8, 4) is 0 Å². The van der Waals surface area contributed by atoms with Crippen molar-refractivity contribution in [1.82, 2.24) is 10.2 Å². The molecule has 0 radical (unpaired) electrons. The quantitative estimate of drug-likeness (QED) is 0.802. The molecule has 0 aromatic heterocycles. The molecule has 0 saturated carbocycles. The second-order valence-corrected chi connectivity index (χ2v) is 7.13. The summed E-state index contributed by atoms with van der Waals surface area (Å²) in [6.07, 6.45) is 1.41. The maximum atomic E-state index is 12.3. The van der Waals surface area contributed by atoms with Crippen LogP contribution in [0.1, 0.15) is 26.7 Å². The molecule has 0 spiro atoms. The second-order valence-electron chi connectivity index (χ2n) is 6.69. The van der Waals surface area contributed by atoms with Crippen LogP contribution in [-0.2, 0) is 9.59 Å². The van der Waals surface area contributed by atoms with Gasteiger partial charge in [-0.15, -0.1) is 0 Å². The van der Waals surface area contributed by atoms with E-state index in [-0.39, 0.29) is 18.4 Å². The van der Waals surface area contributed by atoms with Crippen molar-refractivity contribution in [3.05, 3.63) is 29.3 Å². The zero-order chi connectivity index (χ0) is 18.4. The van der Waals surface area contributed by atoms with E-state index in [2.05, 4.69) is 10.2 Å². The SMILES string of the molecule is CCCC(C)(N)C(=O)NCC(=O)N1CCN(c2ccc(Cl)cc2)CC1. The van der Waals surface area contributed by atoms with Gasteiger partial charge in [0, 0.05) is 36.9 Å². The first-order valence-corrected chi connectivity index (χ1v) is 9.07. The Morgan fingerprint density at radius 3 is 2.36 bits per heavy atom. The van der Waals surface area contributed by atoms with E-state index in [1.165, 1.54) is 0 Å². The van der Waals surface area contributed by atoms with Crippen LogP contribution in [-0.4, -0.2) is 55.0 Å². The van der Waals surface area contributed by atoms with E-state index in [9.17, 15) is 9.59 Å². The van der Waals surface area contributed by atoms with Crippen LogP contribution in [0.5, 0.6) is 0 Å². The number of hydrogen-bond acceptors (Lipinski definition) is 4. The maximum absolute atomic E-state index is 12.3. The Morgan fingerprint density at radius 2 is 1.80 bits per heavy atom. The molecule has 2 amide bonds. The van der Waals surface area contributed by atoms with Crippen molar-refractivity contribution in [1.29, 1.82) is 0 Å². The standard InChI is InChI=1S/C18H27ClN4O2/c1-3-8-18(2,20)17(25)21-13-16(24)23-11-9-22(10-12-23)15-6-4-14(19)5-7-15/h4-7H,3,8-13,20H2,1-2H3,(H,21,25). The number of carbonyl (C=O) groups excluding carboxylic acids is 2. The van der Waals surface area contributed by atoms with Crippen LogP contribution in [0.2, 0.25) is 5.02 Å². The zero-order valence-corrected chi connectivity index (χ0v) is 15.7. The van der Waals surface area contributed by atoms with Crippen LogP contribution >= 0.6 is 11.6 Å². The van der Waals surface area contributed by atoms with Crippen molar-refractivity contribution in [3.63, 3.8) is 0 Å². The van der Waals surface area contributed by atoms with E-state index in [0.29, 0.717) is 24.5 Å². The highest BCUT2D eigenvalue weighted by molar-refractivity contribution is 6.30. The smallest absolute Gasteiger partial charge is 0.242 e. The number of carbonyl (C=O) groups is 2. The molecule has 0 bridgehead atoms. The van der Waals surface area contributed by atoms with E-state index >= 15 is 0 Å². The lowest BCUT2D eigenvalue weighted by molar-refractivity contribution is -0.134. The summed E-state index contributed by atoms with van der Waals surface area (Å²) >= 11 is 5.91. The Labute approximate surface area is 154 Å². The normalized spacial score (nSPS) is 17.1. The van der Waals surface area contributed by atoms with Gasteiger partial charge in [0.05, 0.1) is 12.1 Å². The van der Waals surface area contributed by atoms with Gasteiger partial charge in [0.25, 0.3) is 0 Å². The zero-order valence-electron chi connectivity index (χ0n) is 14.9. The monoisotopic (exact) mass is 366 g/mol. The lowest BCUT2D eigenvalue weighted by Crippen LogP contribution is -2.55. The predicted molar refractivity (Wildman–Crippen MR) is 101 cm³/mol. The Morgan fingerprint density at radius 1 is 1.20 bits per heavy atom. The highest BCUT2D eigenvalue weighted by Crippen LogP contribution is 2.19. The first-order valence-electron chi connectivity index (χ1n) is 8.69. The van der Waals surface area contributed by atoms with Crippen molar-refractivity contribution < 1.29 is 9.59 Å². The summed E-state index contributed by atoms with van der Waals surface area (Å²) in [5, 5.41) is 3.38. The molecule has 1 heterocycles. The third-order valence-electron chi connectivity index (χ3n) is 4.51. The molecule has 1 atom stereocenters. The van der Waals surface area contributed by atoms with Crippen LogP contribution in [0.3, 0.4) is 0 Å². The number of benzene rings is 1. The van der Waals surface area contributed by atoms with Gasteiger partial charge in [0.15, 0.2) is 0 Å². The Balaban J connectivity index is 1.79. The van der Waals surface area contributed by atoms with E-state index < -0.39 is 5.54 Å². The van der Waals surface area contributed by atoms with E-state index in [1.807, 2.05) is 31.2 Å². The largest absolute Gasteiger partial charge is 0.368 e. The van der Waals surface area contributed by atoms with Gasteiger partial charge < -0.3 is 20.9 Å². The van der Waals surface area contributed by atoms with Gasteiger partial charge in [-0.1, -0.05) is 24.9 Å². The molecule has 1 aliphatic rings. The molecule has 1 saturated heterocycles. The molecule has 25 heavy (non-hydrogen) atoms. The molecule has 1 aliphatic heterocycles. The number of hydrogen-bond donors (Lipinski definition) is 2.